The van der Waals surface area contributed by atoms with Gasteiger partial charge in [-0.15, -0.1) is 0 Å². The zero-order valence-electron chi connectivity index (χ0n) is 15.7. The summed E-state index contributed by atoms with van der Waals surface area (Å²) in [6, 6.07) is 19.0. The lowest BCUT2D eigenvalue weighted by molar-refractivity contribution is 0.138. The number of piperazine rings is 1. The van der Waals surface area contributed by atoms with E-state index in [2.05, 4.69) is 71.7 Å². The van der Waals surface area contributed by atoms with E-state index in [-0.39, 0.29) is 6.03 Å². The fourth-order valence-electron chi connectivity index (χ4n) is 3.32. The van der Waals surface area contributed by atoms with Crippen molar-refractivity contribution in [2.24, 2.45) is 0 Å². The van der Waals surface area contributed by atoms with Crippen molar-refractivity contribution in [3.8, 4) is 0 Å². The van der Waals surface area contributed by atoms with Gasteiger partial charge in [-0.1, -0.05) is 60.2 Å². The van der Waals surface area contributed by atoms with Crippen molar-refractivity contribution in [3.05, 3.63) is 71.3 Å². The van der Waals surface area contributed by atoms with Gasteiger partial charge in [0.05, 0.1) is 0 Å². The van der Waals surface area contributed by atoms with Gasteiger partial charge >= 0.3 is 6.03 Å². The van der Waals surface area contributed by atoms with Gasteiger partial charge in [-0.25, -0.2) is 4.79 Å². The Morgan fingerprint density at radius 2 is 1.62 bits per heavy atom. The number of nitrogens with one attached hydrogen (secondary N) is 1. The number of aryl methyl sites for hydroxylation is 2. The Kier molecular flexibility index (Phi) is 6.67. The summed E-state index contributed by atoms with van der Waals surface area (Å²) in [4.78, 5) is 16.7. The van der Waals surface area contributed by atoms with E-state index in [0.717, 1.165) is 44.7 Å². The molecule has 0 radical (unpaired) electrons. The zero-order valence-corrected chi connectivity index (χ0v) is 15.7. The van der Waals surface area contributed by atoms with Crippen molar-refractivity contribution in [3.63, 3.8) is 0 Å². The number of amides is 2. The maximum atomic E-state index is 12.3. The lowest BCUT2D eigenvalue weighted by Gasteiger charge is -2.34. The molecule has 3 rings (SSSR count). The van der Waals surface area contributed by atoms with Crippen LogP contribution in [-0.4, -0.2) is 48.6 Å². The lowest BCUT2D eigenvalue weighted by atomic mass is 10.1. The molecular weight excluding hydrogens is 322 g/mol. The van der Waals surface area contributed by atoms with E-state index in [4.69, 9.17) is 0 Å². The lowest BCUT2D eigenvalue weighted by Crippen LogP contribution is -2.51. The molecule has 0 saturated carbocycles. The number of carbonyl (C=O) groups excluding carboxylic acids is 1. The summed E-state index contributed by atoms with van der Waals surface area (Å²) in [7, 11) is 0. The molecular formula is C22H29N3O. The minimum absolute atomic E-state index is 0.0505. The van der Waals surface area contributed by atoms with Crippen LogP contribution in [0.25, 0.3) is 0 Å². The van der Waals surface area contributed by atoms with Crippen molar-refractivity contribution in [2.75, 3.05) is 32.7 Å². The molecule has 1 saturated heterocycles. The number of hydrogen-bond acceptors (Lipinski definition) is 2. The van der Waals surface area contributed by atoms with Crippen LogP contribution in [-0.2, 0) is 13.0 Å². The number of nitrogens with zero attached hydrogens (tertiary/aromatic N) is 2. The zero-order chi connectivity index (χ0) is 18.2. The second-order valence-corrected chi connectivity index (χ2v) is 7.06. The molecule has 1 heterocycles. The molecule has 26 heavy (non-hydrogen) atoms. The SMILES string of the molecule is Cc1ccc(CNC(=O)N2CCN(CCCc3ccccc3)CC2)cc1. The van der Waals surface area contributed by atoms with Gasteiger partial charge in [-0.2, -0.15) is 0 Å². The first kappa shape index (κ1) is 18.5. The molecule has 2 amide bonds. The van der Waals surface area contributed by atoms with Gasteiger partial charge in [0.25, 0.3) is 0 Å². The molecule has 2 aromatic rings. The highest BCUT2D eigenvalue weighted by molar-refractivity contribution is 5.74. The van der Waals surface area contributed by atoms with Crippen LogP contribution in [0.2, 0.25) is 0 Å². The Hall–Kier alpha value is -2.33. The van der Waals surface area contributed by atoms with E-state index >= 15 is 0 Å². The van der Waals surface area contributed by atoms with Gasteiger partial charge in [0, 0.05) is 32.7 Å². The molecule has 1 aliphatic rings. The highest BCUT2D eigenvalue weighted by Crippen LogP contribution is 2.07. The number of benzene rings is 2. The Morgan fingerprint density at radius 1 is 0.923 bits per heavy atom. The summed E-state index contributed by atoms with van der Waals surface area (Å²) in [5, 5.41) is 3.04. The Balaban J connectivity index is 1.33. The van der Waals surface area contributed by atoms with Gasteiger partial charge in [0.1, 0.15) is 0 Å². The summed E-state index contributed by atoms with van der Waals surface area (Å²) in [5.74, 6) is 0. The third kappa shape index (κ3) is 5.60. The van der Waals surface area contributed by atoms with E-state index in [1.807, 2.05) is 4.90 Å². The third-order valence-corrected chi connectivity index (χ3v) is 5.01. The summed E-state index contributed by atoms with van der Waals surface area (Å²) in [6.07, 6.45) is 2.29. The molecule has 2 aromatic carbocycles. The van der Waals surface area contributed by atoms with Crippen molar-refractivity contribution in [2.45, 2.75) is 26.3 Å². The van der Waals surface area contributed by atoms with Crippen LogP contribution in [0, 0.1) is 6.92 Å². The van der Waals surface area contributed by atoms with Gasteiger partial charge in [0.15, 0.2) is 0 Å². The fourth-order valence-corrected chi connectivity index (χ4v) is 3.32. The molecule has 1 fully saturated rings. The van der Waals surface area contributed by atoms with E-state index in [1.165, 1.54) is 17.5 Å². The molecule has 0 atom stereocenters. The van der Waals surface area contributed by atoms with Crippen LogP contribution in [0.4, 0.5) is 4.79 Å². The first-order valence-corrected chi connectivity index (χ1v) is 9.55. The Morgan fingerprint density at radius 3 is 2.31 bits per heavy atom. The molecule has 4 heteroatoms. The summed E-state index contributed by atoms with van der Waals surface area (Å²) in [6.45, 7) is 7.32. The average Bonchev–Trinajstić information content (AvgIpc) is 2.69. The van der Waals surface area contributed by atoms with Crippen LogP contribution >= 0.6 is 0 Å². The predicted octanol–water partition coefficient (Wildman–Crippen LogP) is 3.46. The third-order valence-electron chi connectivity index (χ3n) is 5.01. The monoisotopic (exact) mass is 351 g/mol. The van der Waals surface area contributed by atoms with Crippen molar-refractivity contribution in [1.29, 1.82) is 0 Å². The largest absolute Gasteiger partial charge is 0.334 e. The second kappa shape index (κ2) is 9.39. The minimum atomic E-state index is 0.0505. The number of rotatable bonds is 6. The van der Waals surface area contributed by atoms with Crippen LogP contribution in [0.15, 0.2) is 54.6 Å². The quantitative estimate of drug-likeness (QED) is 0.865. The van der Waals surface area contributed by atoms with Crippen LogP contribution in [0.3, 0.4) is 0 Å². The second-order valence-electron chi connectivity index (χ2n) is 7.06. The summed E-state index contributed by atoms with van der Waals surface area (Å²) >= 11 is 0. The smallest absolute Gasteiger partial charge is 0.317 e. The van der Waals surface area contributed by atoms with Gasteiger partial charge in [-0.3, -0.25) is 4.90 Å². The number of carbonyl (C=O) groups is 1. The first-order valence-electron chi connectivity index (χ1n) is 9.55. The summed E-state index contributed by atoms with van der Waals surface area (Å²) in [5.41, 5.74) is 3.79. The summed E-state index contributed by atoms with van der Waals surface area (Å²) < 4.78 is 0. The predicted molar refractivity (Wildman–Crippen MR) is 106 cm³/mol. The van der Waals surface area contributed by atoms with E-state index < -0.39 is 0 Å². The molecule has 0 spiro atoms. The molecule has 0 bridgehead atoms. The Bertz CT molecular complexity index is 676. The average molecular weight is 351 g/mol. The van der Waals surface area contributed by atoms with Crippen LogP contribution in [0.5, 0.6) is 0 Å². The maximum absolute atomic E-state index is 12.3. The normalized spacial score (nSPS) is 15.0. The van der Waals surface area contributed by atoms with Gasteiger partial charge in [0.2, 0.25) is 0 Å². The molecule has 4 nitrogen and oxygen atoms in total. The van der Waals surface area contributed by atoms with E-state index in [1.54, 1.807) is 0 Å². The van der Waals surface area contributed by atoms with Crippen LogP contribution in [0.1, 0.15) is 23.1 Å². The number of urea groups is 1. The molecule has 0 aromatic heterocycles. The molecule has 0 unspecified atom stereocenters. The highest BCUT2D eigenvalue weighted by Gasteiger charge is 2.20. The minimum Gasteiger partial charge on any atom is -0.334 e. The first-order chi connectivity index (χ1) is 12.7. The Labute approximate surface area is 156 Å². The highest BCUT2D eigenvalue weighted by atomic mass is 16.2. The van der Waals surface area contributed by atoms with E-state index in [9.17, 15) is 4.79 Å². The van der Waals surface area contributed by atoms with Crippen molar-refractivity contribution in [1.82, 2.24) is 15.1 Å². The van der Waals surface area contributed by atoms with Crippen molar-refractivity contribution >= 4 is 6.03 Å². The molecule has 138 valence electrons. The standard InChI is InChI=1S/C22H29N3O/c1-19-9-11-21(12-10-19)18-23-22(26)25-16-14-24(15-17-25)13-5-8-20-6-3-2-4-7-20/h2-4,6-7,9-12H,5,8,13-18H2,1H3,(H,23,26). The fraction of sp³-hybridized carbons (Fsp3) is 0.409. The number of hydrogen-bond donors (Lipinski definition) is 1. The van der Waals surface area contributed by atoms with Gasteiger partial charge in [-0.05, 0) is 37.4 Å². The molecule has 1 aliphatic heterocycles. The maximum Gasteiger partial charge on any atom is 0.317 e. The van der Waals surface area contributed by atoms with Crippen molar-refractivity contribution < 1.29 is 4.79 Å². The topological polar surface area (TPSA) is 35.6 Å². The molecule has 0 aliphatic carbocycles. The molecule has 1 N–H and O–H groups in total. The van der Waals surface area contributed by atoms with Crippen LogP contribution < -0.4 is 5.32 Å². The van der Waals surface area contributed by atoms with Gasteiger partial charge < -0.3 is 10.2 Å². The van der Waals surface area contributed by atoms with E-state index in [0.29, 0.717) is 6.54 Å².